The van der Waals surface area contributed by atoms with Gasteiger partial charge >= 0.3 is 6.03 Å². The second kappa shape index (κ2) is 4.44. The van der Waals surface area contributed by atoms with Crippen molar-refractivity contribution < 1.29 is 4.79 Å². The molecule has 5 heteroatoms. The highest BCUT2D eigenvalue weighted by atomic mass is 16.2. The Morgan fingerprint density at radius 1 is 1.28 bits per heavy atom. The molecule has 0 aliphatic carbocycles. The minimum absolute atomic E-state index is 0.166. The lowest BCUT2D eigenvalue weighted by Gasteiger charge is -2.17. The van der Waals surface area contributed by atoms with Gasteiger partial charge in [-0.2, -0.15) is 0 Å². The maximum Gasteiger partial charge on any atom is 0.327 e. The zero-order valence-corrected chi connectivity index (χ0v) is 9.71. The van der Waals surface area contributed by atoms with Crippen LogP contribution < -0.4 is 10.2 Å². The van der Waals surface area contributed by atoms with Crippen molar-refractivity contribution in [1.82, 2.24) is 9.97 Å². The fraction of sp³-hybridized carbons (Fsp3) is 0.154. The molecule has 1 aromatic heterocycles. The van der Waals surface area contributed by atoms with E-state index in [0.717, 1.165) is 12.1 Å². The van der Waals surface area contributed by atoms with E-state index >= 15 is 0 Å². The van der Waals surface area contributed by atoms with Gasteiger partial charge in [0, 0.05) is 24.6 Å². The van der Waals surface area contributed by atoms with Gasteiger partial charge in [-0.1, -0.05) is 18.2 Å². The van der Waals surface area contributed by atoms with Crippen molar-refractivity contribution in [2.24, 2.45) is 0 Å². The second-order valence-electron chi connectivity index (χ2n) is 4.05. The molecule has 5 nitrogen and oxygen atoms in total. The molecule has 2 heterocycles. The van der Waals surface area contributed by atoms with Crippen LogP contribution in [0.1, 0.15) is 5.56 Å². The standard InChI is InChI=1S/C13H12N4O/c18-13(16-12-9-14-6-7-15-12)17-8-5-10-3-1-2-4-11(10)17/h1-4,6-7,9H,5,8H2,(H,15,16,18). The predicted octanol–water partition coefficient (Wildman–Crippen LogP) is 2.07. The third kappa shape index (κ3) is 1.90. The number of anilines is 2. The fourth-order valence-electron chi connectivity index (χ4n) is 2.09. The molecular weight excluding hydrogens is 228 g/mol. The first kappa shape index (κ1) is 10.7. The van der Waals surface area contributed by atoms with E-state index in [4.69, 9.17) is 0 Å². The van der Waals surface area contributed by atoms with E-state index in [-0.39, 0.29) is 6.03 Å². The first-order valence-corrected chi connectivity index (χ1v) is 5.77. The van der Waals surface area contributed by atoms with Crippen molar-refractivity contribution in [1.29, 1.82) is 0 Å². The molecular formula is C13H12N4O. The van der Waals surface area contributed by atoms with E-state index in [1.807, 2.05) is 24.3 Å². The van der Waals surface area contributed by atoms with Gasteiger partial charge in [-0.05, 0) is 18.1 Å². The van der Waals surface area contributed by atoms with Crippen LogP contribution in [-0.4, -0.2) is 22.5 Å². The molecule has 0 saturated heterocycles. The topological polar surface area (TPSA) is 58.1 Å². The van der Waals surface area contributed by atoms with Crippen molar-refractivity contribution in [2.75, 3.05) is 16.8 Å². The van der Waals surface area contributed by atoms with Crippen LogP contribution in [0.2, 0.25) is 0 Å². The maximum absolute atomic E-state index is 12.1. The molecule has 0 fully saturated rings. The molecule has 1 N–H and O–H groups in total. The molecule has 90 valence electrons. The Labute approximate surface area is 104 Å². The number of urea groups is 1. The highest BCUT2D eigenvalue weighted by molar-refractivity contribution is 6.02. The van der Waals surface area contributed by atoms with Crippen LogP contribution in [-0.2, 0) is 6.42 Å². The van der Waals surface area contributed by atoms with Crippen molar-refractivity contribution in [3.8, 4) is 0 Å². The number of hydrogen-bond acceptors (Lipinski definition) is 3. The highest BCUT2D eigenvalue weighted by Gasteiger charge is 2.24. The van der Waals surface area contributed by atoms with E-state index in [1.165, 1.54) is 11.8 Å². The van der Waals surface area contributed by atoms with Crippen LogP contribution >= 0.6 is 0 Å². The van der Waals surface area contributed by atoms with Crippen LogP contribution in [0.4, 0.5) is 16.3 Å². The first-order valence-electron chi connectivity index (χ1n) is 5.77. The average Bonchev–Trinajstić information content (AvgIpc) is 2.84. The number of benzene rings is 1. The van der Waals surface area contributed by atoms with Crippen molar-refractivity contribution in [3.05, 3.63) is 48.4 Å². The predicted molar refractivity (Wildman–Crippen MR) is 68.5 cm³/mol. The Kier molecular flexibility index (Phi) is 2.64. The zero-order valence-electron chi connectivity index (χ0n) is 9.71. The summed E-state index contributed by atoms with van der Waals surface area (Å²) in [7, 11) is 0. The Morgan fingerprint density at radius 3 is 3.00 bits per heavy atom. The summed E-state index contributed by atoms with van der Waals surface area (Å²) in [5.74, 6) is 0.465. The third-order valence-electron chi connectivity index (χ3n) is 2.93. The van der Waals surface area contributed by atoms with Gasteiger partial charge in [-0.3, -0.25) is 15.2 Å². The summed E-state index contributed by atoms with van der Waals surface area (Å²) in [6, 6.07) is 7.76. The number of fused-ring (bicyclic) bond motifs is 1. The Hall–Kier alpha value is -2.43. The van der Waals surface area contributed by atoms with Crippen molar-refractivity contribution >= 4 is 17.5 Å². The largest absolute Gasteiger partial charge is 0.327 e. The normalized spacial score (nSPS) is 13.2. The van der Waals surface area contributed by atoms with Gasteiger partial charge < -0.3 is 0 Å². The summed E-state index contributed by atoms with van der Waals surface area (Å²) >= 11 is 0. The van der Waals surface area contributed by atoms with Gasteiger partial charge in [-0.15, -0.1) is 0 Å². The molecule has 1 aromatic carbocycles. The molecule has 0 atom stereocenters. The lowest BCUT2D eigenvalue weighted by atomic mass is 10.2. The number of hydrogen-bond donors (Lipinski definition) is 1. The lowest BCUT2D eigenvalue weighted by molar-refractivity contribution is 0.257. The molecule has 0 unspecified atom stereocenters. The minimum Gasteiger partial charge on any atom is -0.294 e. The summed E-state index contributed by atoms with van der Waals surface area (Å²) in [5.41, 5.74) is 2.17. The summed E-state index contributed by atoms with van der Waals surface area (Å²) in [6.07, 6.45) is 5.54. The molecule has 1 aliphatic rings. The highest BCUT2D eigenvalue weighted by Crippen LogP contribution is 2.27. The molecule has 0 saturated carbocycles. The number of carbonyl (C=O) groups excluding carboxylic acids is 1. The lowest BCUT2D eigenvalue weighted by Crippen LogP contribution is -2.33. The van der Waals surface area contributed by atoms with E-state index < -0.39 is 0 Å². The molecule has 2 amide bonds. The monoisotopic (exact) mass is 240 g/mol. The minimum atomic E-state index is -0.166. The van der Waals surface area contributed by atoms with E-state index in [9.17, 15) is 4.79 Å². The van der Waals surface area contributed by atoms with Crippen LogP contribution in [0.5, 0.6) is 0 Å². The van der Waals surface area contributed by atoms with Crippen LogP contribution in [0.3, 0.4) is 0 Å². The number of carbonyl (C=O) groups is 1. The van der Waals surface area contributed by atoms with Gasteiger partial charge in [0.15, 0.2) is 5.82 Å². The van der Waals surface area contributed by atoms with Crippen LogP contribution in [0, 0.1) is 0 Å². The van der Waals surface area contributed by atoms with Gasteiger partial charge in [-0.25, -0.2) is 9.78 Å². The molecule has 0 spiro atoms. The third-order valence-corrected chi connectivity index (χ3v) is 2.93. The van der Waals surface area contributed by atoms with E-state index in [2.05, 4.69) is 15.3 Å². The zero-order chi connectivity index (χ0) is 12.4. The Bertz CT molecular complexity index is 570. The Balaban J connectivity index is 1.79. The number of para-hydroxylation sites is 1. The van der Waals surface area contributed by atoms with E-state index in [0.29, 0.717) is 12.4 Å². The van der Waals surface area contributed by atoms with Gasteiger partial charge in [0.05, 0.1) is 6.20 Å². The van der Waals surface area contributed by atoms with Crippen LogP contribution in [0.15, 0.2) is 42.9 Å². The van der Waals surface area contributed by atoms with Gasteiger partial charge in [0.1, 0.15) is 0 Å². The number of nitrogens with zero attached hydrogens (tertiary/aromatic N) is 3. The van der Waals surface area contributed by atoms with Gasteiger partial charge in [0.25, 0.3) is 0 Å². The maximum atomic E-state index is 12.1. The second-order valence-corrected chi connectivity index (χ2v) is 4.05. The van der Waals surface area contributed by atoms with Crippen molar-refractivity contribution in [3.63, 3.8) is 0 Å². The fourth-order valence-corrected chi connectivity index (χ4v) is 2.09. The smallest absolute Gasteiger partial charge is 0.294 e. The molecule has 0 radical (unpaired) electrons. The SMILES string of the molecule is O=C(Nc1cnccn1)N1CCc2ccccc21. The molecule has 2 aromatic rings. The number of rotatable bonds is 1. The summed E-state index contributed by atoms with van der Waals surface area (Å²) in [6.45, 7) is 0.700. The number of nitrogens with one attached hydrogen (secondary N) is 1. The quantitative estimate of drug-likeness (QED) is 0.830. The first-order chi connectivity index (χ1) is 8.84. The van der Waals surface area contributed by atoms with Crippen LogP contribution in [0.25, 0.3) is 0 Å². The molecule has 0 bridgehead atoms. The Morgan fingerprint density at radius 2 is 2.17 bits per heavy atom. The number of aromatic nitrogens is 2. The number of amides is 2. The molecule has 3 rings (SSSR count). The average molecular weight is 240 g/mol. The van der Waals surface area contributed by atoms with Gasteiger partial charge in [0.2, 0.25) is 0 Å². The summed E-state index contributed by atoms with van der Waals surface area (Å²) < 4.78 is 0. The molecule has 1 aliphatic heterocycles. The molecule has 18 heavy (non-hydrogen) atoms. The van der Waals surface area contributed by atoms with Crippen molar-refractivity contribution in [2.45, 2.75) is 6.42 Å². The van der Waals surface area contributed by atoms with E-state index in [1.54, 1.807) is 17.3 Å². The summed E-state index contributed by atoms with van der Waals surface area (Å²) in [4.78, 5) is 21.8. The summed E-state index contributed by atoms with van der Waals surface area (Å²) in [5, 5.41) is 2.74.